The summed E-state index contributed by atoms with van der Waals surface area (Å²) in [6.07, 6.45) is 1.97. The first-order chi connectivity index (χ1) is 5.81. The summed E-state index contributed by atoms with van der Waals surface area (Å²) in [6, 6.07) is 6.36. The van der Waals surface area contributed by atoms with Crippen LogP contribution in [0.5, 0.6) is 0 Å². The van der Waals surface area contributed by atoms with E-state index >= 15 is 0 Å². The van der Waals surface area contributed by atoms with Gasteiger partial charge in [0.25, 0.3) is 0 Å². The fourth-order valence-electron chi connectivity index (χ4n) is 1.50. The normalized spacial score (nSPS) is 10.5. The van der Waals surface area contributed by atoms with Crippen LogP contribution in [0.2, 0.25) is 0 Å². The summed E-state index contributed by atoms with van der Waals surface area (Å²) in [5, 5.41) is 4.43. The number of hydrogen-bond donors (Lipinski definition) is 2. The van der Waals surface area contributed by atoms with Crippen LogP contribution >= 0.6 is 0 Å². The van der Waals surface area contributed by atoms with Crippen LogP contribution in [0.3, 0.4) is 0 Å². The molecule has 0 saturated carbocycles. The molecule has 0 saturated heterocycles. The van der Waals surface area contributed by atoms with Gasteiger partial charge in [0, 0.05) is 29.8 Å². The van der Waals surface area contributed by atoms with E-state index in [-0.39, 0.29) is 0 Å². The molecule has 1 aromatic heterocycles. The standard InChI is InChI=1S/C10H12N2/c1-7-5-8(11-2)6-10-9(7)3-4-12-10/h3-6,11-12H,1-2H3. The third-order valence-corrected chi connectivity index (χ3v) is 2.16. The molecule has 2 N–H and O–H groups in total. The number of benzene rings is 1. The highest BCUT2D eigenvalue weighted by atomic mass is 14.8. The Kier molecular flexibility index (Phi) is 1.54. The summed E-state index contributed by atoms with van der Waals surface area (Å²) in [5.74, 6) is 0. The highest BCUT2D eigenvalue weighted by Crippen LogP contribution is 2.21. The largest absolute Gasteiger partial charge is 0.388 e. The molecule has 2 nitrogen and oxygen atoms in total. The molecule has 0 spiro atoms. The molecule has 0 aliphatic rings. The second kappa shape index (κ2) is 2.55. The third kappa shape index (κ3) is 0.961. The van der Waals surface area contributed by atoms with Crippen molar-refractivity contribution in [2.45, 2.75) is 6.92 Å². The van der Waals surface area contributed by atoms with E-state index in [9.17, 15) is 0 Å². The summed E-state index contributed by atoms with van der Waals surface area (Å²) in [6.45, 7) is 2.12. The third-order valence-electron chi connectivity index (χ3n) is 2.16. The molecule has 1 aromatic carbocycles. The Labute approximate surface area is 71.6 Å². The smallest absolute Gasteiger partial charge is 0.0477 e. The lowest BCUT2D eigenvalue weighted by Gasteiger charge is -2.02. The molecule has 2 rings (SSSR count). The maximum Gasteiger partial charge on any atom is 0.0477 e. The van der Waals surface area contributed by atoms with Gasteiger partial charge < -0.3 is 10.3 Å². The summed E-state index contributed by atoms with van der Waals surface area (Å²) in [5.41, 5.74) is 3.65. The van der Waals surface area contributed by atoms with Gasteiger partial charge in [-0.2, -0.15) is 0 Å². The Hall–Kier alpha value is -1.44. The molecule has 0 amide bonds. The number of rotatable bonds is 1. The number of aromatic amines is 1. The van der Waals surface area contributed by atoms with E-state index in [1.165, 1.54) is 16.5 Å². The van der Waals surface area contributed by atoms with E-state index in [1.54, 1.807) is 0 Å². The van der Waals surface area contributed by atoms with Gasteiger partial charge in [0.15, 0.2) is 0 Å². The van der Waals surface area contributed by atoms with E-state index < -0.39 is 0 Å². The number of H-pyrrole nitrogens is 1. The van der Waals surface area contributed by atoms with Gasteiger partial charge in [-0.25, -0.2) is 0 Å². The number of nitrogens with one attached hydrogen (secondary N) is 2. The molecule has 0 aliphatic heterocycles. The van der Waals surface area contributed by atoms with E-state index in [2.05, 4.69) is 35.4 Å². The number of aryl methyl sites for hydroxylation is 1. The molecule has 0 atom stereocenters. The minimum atomic E-state index is 1.16. The summed E-state index contributed by atoms with van der Waals surface area (Å²) < 4.78 is 0. The number of fused-ring (bicyclic) bond motifs is 1. The molecule has 0 aliphatic carbocycles. The summed E-state index contributed by atoms with van der Waals surface area (Å²) >= 11 is 0. The van der Waals surface area contributed by atoms with Crippen LogP contribution in [0.4, 0.5) is 5.69 Å². The van der Waals surface area contributed by atoms with Gasteiger partial charge in [0.2, 0.25) is 0 Å². The van der Waals surface area contributed by atoms with Gasteiger partial charge in [-0.1, -0.05) is 0 Å². The monoisotopic (exact) mass is 160 g/mol. The molecular formula is C10H12N2. The number of aromatic nitrogens is 1. The second-order valence-corrected chi connectivity index (χ2v) is 2.98. The molecule has 1 heterocycles. The van der Waals surface area contributed by atoms with Crippen molar-refractivity contribution in [1.82, 2.24) is 4.98 Å². The molecule has 0 radical (unpaired) electrons. The quantitative estimate of drug-likeness (QED) is 0.659. The predicted octanol–water partition coefficient (Wildman–Crippen LogP) is 2.52. The fraction of sp³-hybridized carbons (Fsp3) is 0.200. The molecule has 2 heteroatoms. The molecular weight excluding hydrogens is 148 g/mol. The van der Waals surface area contributed by atoms with Crippen molar-refractivity contribution in [3.63, 3.8) is 0 Å². The van der Waals surface area contributed by atoms with Crippen molar-refractivity contribution in [1.29, 1.82) is 0 Å². The number of hydrogen-bond acceptors (Lipinski definition) is 1. The maximum absolute atomic E-state index is 3.20. The zero-order valence-corrected chi connectivity index (χ0v) is 7.31. The average molecular weight is 160 g/mol. The zero-order valence-electron chi connectivity index (χ0n) is 7.31. The van der Waals surface area contributed by atoms with Crippen molar-refractivity contribution in [2.24, 2.45) is 0 Å². The first kappa shape index (κ1) is 7.22. The van der Waals surface area contributed by atoms with Gasteiger partial charge in [0.1, 0.15) is 0 Å². The second-order valence-electron chi connectivity index (χ2n) is 2.98. The minimum Gasteiger partial charge on any atom is -0.388 e. The highest BCUT2D eigenvalue weighted by Gasteiger charge is 1.99. The Morgan fingerprint density at radius 1 is 1.33 bits per heavy atom. The average Bonchev–Trinajstić information content (AvgIpc) is 2.52. The van der Waals surface area contributed by atoms with Crippen molar-refractivity contribution in [3.05, 3.63) is 30.0 Å². The van der Waals surface area contributed by atoms with Gasteiger partial charge in [0.05, 0.1) is 0 Å². The van der Waals surface area contributed by atoms with Crippen molar-refractivity contribution >= 4 is 16.6 Å². The van der Waals surface area contributed by atoms with E-state index in [0.717, 1.165) is 5.69 Å². The summed E-state index contributed by atoms with van der Waals surface area (Å²) in [4.78, 5) is 3.20. The van der Waals surface area contributed by atoms with Crippen LogP contribution in [0.25, 0.3) is 10.9 Å². The van der Waals surface area contributed by atoms with E-state index in [0.29, 0.717) is 0 Å². The minimum absolute atomic E-state index is 1.16. The lowest BCUT2D eigenvalue weighted by molar-refractivity contribution is 1.44. The first-order valence-electron chi connectivity index (χ1n) is 4.07. The van der Waals surface area contributed by atoms with Crippen LogP contribution in [-0.2, 0) is 0 Å². The van der Waals surface area contributed by atoms with Crippen molar-refractivity contribution in [3.8, 4) is 0 Å². The Morgan fingerprint density at radius 2 is 2.17 bits per heavy atom. The van der Waals surface area contributed by atoms with Gasteiger partial charge in [-0.15, -0.1) is 0 Å². The molecule has 0 unspecified atom stereocenters. The van der Waals surface area contributed by atoms with E-state index in [4.69, 9.17) is 0 Å². The Bertz CT molecular complexity index is 401. The van der Waals surface area contributed by atoms with Crippen LogP contribution in [0.15, 0.2) is 24.4 Å². The van der Waals surface area contributed by atoms with Gasteiger partial charge in [-0.3, -0.25) is 0 Å². The number of anilines is 1. The predicted molar refractivity (Wildman–Crippen MR) is 52.6 cm³/mol. The molecule has 2 aromatic rings. The topological polar surface area (TPSA) is 27.8 Å². The molecule has 0 fully saturated rings. The lowest BCUT2D eigenvalue weighted by Crippen LogP contribution is -1.88. The van der Waals surface area contributed by atoms with Crippen LogP contribution in [0.1, 0.15) is 5.56 Å². The van der Waals surface area contributed by atoms with Crippen molar-refractivity contribution in [2.75, 3.05) is 12.4 Å². The maximum atomic E-state index is 3.20. The van der Waals surface area contributed by atoms with Gasteiger partial charge in [-0.05, 0) is 30.7 Å². The lowest BCUT2D eigenvalue weighted by atomic mass is 10.1. The fourth-order valence-corrected chi connectivity index (χ4v) is 1.50. The summed E-state index contributed by atoms with van der Waals surface area (Å²) in [7, 11) is 1.93. The Morgan fingerprint density at radius 3 is 2.92 bits per heavy atom. The van der Waals surface area contributed by atoms with Crippen LogP contribution in [0, 0.1) is 6.92 Å². The zero-order chi connectivity index (χ0) is 8.55. The van der Waals surface area contributed by atoms with Crippen LogP contribution in [-0.4, -0.2) is 12.0 Å². The molecule has 62 valence electrons. The SMILES string of the molecule is CNc1cc(C)c2cc[nH]c2c1. The first-order valence-corrected chi connectivity index (χ1v) is 4.07. The van der Waals surface area contributed by atoms with Crippen molar-refractivity contribution < 1.29 is 0 Å². The Balaban J connectivity index is 2.75. The van der Waals surface area contributed by atoms with E-state index in [1.807, 2.05) is 13.2 Å². The molecule has 0 bridgehead atoms. The highest BCUT2D eigenvalue weighted by molar-refractivity contribution is 5.86. The molecule has 12 heavy (non-hydrogen) atoms. The van der Waals surface area contributed by atoms with Gasteiger partial charge >= 0.3 is 0 Å². The van der Waals surface area contributed by atoms with Crippen LogP contribution < -0.4 is 5.32 Å².